The Morgan fingerprint density at radius 1 is 1.05 bits per heavy atom. The van der Waals surface area contributed by atoms with Crippen molar-refractivity contribution in [3.8, 4) is 5.75 Å². The van der Waals surface area contributed by atoms with Gasteiger partial charge in [-0.3, -0.25) is 4.79 Å². The van der Waals surface area contributed by atoms with Crippen molar-refractivity contribution < 1.29 is 9.53 Å². The number of ketones is 1. The molecule has 0 fully saturated rings. The van der Waals surface area contributed by atoms with Gasteiger partial charge in [0, 0.05) is 17.9 Å². The molecule has 102 valence electrons. The van der Waals surface area contributed by atoms with Crippen LogP contribution in [0, 0.1) is 0 Å². The van der Waals surface area contributed by atoms with Gasteiger partial charge in [0.05, 0.1) is 6.61 Å². The fourth-order valence-electron chi connectivity index (χ4n) is 2.76. The van der Waals surface area contributed by atoms with Gasteiger partial charge in [-0.1, -0.05) is 48.5 Å². The SMILES string of the molecule is O=C(CCc1ccccc1)C1CCOc2ccccc21. The second kappa shape index (κ2) is 5.91. The molecule has 0 amide bonds. The third-order valence-electron chi connectivity index (χ3n) is 3.85. The largest absolute Gasteiger partial charge is 0.493 e. The lowest BCUT2D eigenvalue weighted by molar-refractivity contribution is -0.121. The number of hydrogen-bond donors (Lipinski definition) is 0. The van der Waals surface area contributed by atoms with Gasteiger partial charge in [-0.15, -0.1) is 0 Å². The van der Waals surface area contributed by atoms with E-state index >= 15 is 0 Å². The number of carbonyl (C=O) groups is 1. The topological polar surface area (TPSA) is 26.3 Å². The molecule has 1 heterocycles. The molecule has 0 aromatic heterocycles. The quantitative estimate of drug-likeness (QED) is 0.842. The van der Waals surface area contributed by atoms with Crippen molar-refractivity contribution in [2.45, 2.75) is 25.2 Å². The van der Waals surface area contributed by atoms with Gasteiger partial charge < -0.3 is 4.74 Å². The molecule has 0 N–H and O–H groups in total. The van der Waals surface area contributed by atoms with E-state index in [1.165, 1.54) is 5.56 Å². The summed E-state index contributed by atoms with van der Waals surface area (Å²) >= 11 is 0. The first kappa shape index (κ1) is 12.9. The highest BCUT2D eigenvalue weighted by Crippen LogP contribution is 2.34. The summed E-state index contributed by atoms with van der Waals surface area (Å²) in [7, 11) is 0. The molecular weight excluding hydrogens is 248 g/mol. The highest BCUT2D eigenvalue weighted by atomic mass is 16.5. The van der Waals surface area contributed by atoms with Gasteiger partial charge in [-0.25, -0.2) is 0 Å². The van der Waals surface area contributed by atoms with E-state index in [2.05, 4.69) is 12.1 Å². The van der Waals surface area contributed by atoms with E-state index in [1.54, 1.807) is 0 Å². The van der Waals surface area contributed by atoms with E-state index in [0.29, 0.717) is 18.8 Å². The Kier molecular flexibility index (Phi) is 3.82. The minimum atomic E-state index is 0.00339. The number of Topliss-reactive ketones (excluding diaryl/α,β-unsaturated/α-hetero) is 1. The summed E-state index contributed by atoms with van der Waals surface area (Å²) in [6, 6.07) is 18.1. The van der Waals surface area contributed by atoms with Crippen LogP contribution < -0.4 is 4.74 Å². The number of rotatable bonds is 4. The molecule has 1 atom stereocenters. The Bertz CT molecular complexity index is 589. The molecule has 20 heavy (non-hydrogen) atoms. The second-order valence-corrected chi connectivity index (χ2v) is 5.18. The van der Waals surface area contributed by atoms with E-state index in [9.17, 15) is 4.79 Å². The number of benzene rings is 2. The van der Waals surface area contributed by atoms with Crippen molar-refractivity contribution in [2.24, 2.45) is 0 Å². The monoisotopic (exact) mass is 266 g/mol. The van der Waals surface area contributed by atoms with Crippen molar-refractivity contribution >= 4 is 5.78 Å². The maximum Gasteiger partial charge on any atom is 0.140 e. The van der Waals surface area contributed by atoms with E-state index in [0.717, 1.165) is 24.2 Å². The fraction of sp³-hybridized carbons (Fsp3) is 0.278. The zero-order chi connectivity index (χ0) is 13.8. The van der Waals surface area contributed by atoms with Gasteiger partial charge in [0.15, 0.2) is 0 Å². The number of ether oxygens (including phenoxy) is 1. The van der Waals surface area contributed by atoms with Crippen molar-refractivity contribution in [3.05, 3.63) is 65.7 Å². The molecular formula is C18H18O2. The smallest absolute Gasteiger partial charge is 0.140 e. The molecule has 0 saturated heterocycles. The summed E-state index contributed by atoms with van der Waals surface area (Å²) in [5.41, 5.74) is 2.28. The van der Waals surface area contributed by atoms with Gasteiger partial charge in [0.2, 0.25) is 0 Å². The Balaban J connectivity index is 1.69. The van der Waals surface area contributed by atoms with Gasteiger partial charge in [-0.2, -0.15) is 0 Å². The number of aryl methyl sites for hydroxylation is 1. The molecule has 2 aromatic rings. The summed E-state index contributed by atoms with van der Waals surface area (Å²) in [5.74, 6) is 1.20. The van der Waals surface area contributed by atoms with Crippen molar-refractivity contribution in [1.82, 2.24) is 0 Å². The lowest BCUT2D eigenvalue weighted by atomic mass is 9.87. The molecule has 0 bridgehead atoms. The highest BCUT2D eigenvalue weighted by molar-refractivity contribution is 5.86. The average molecular weight is 266 g/mol. The van der Waals surface area contributed by atoms with Crippen LogP contribution in [0.5, 0.6) is 5.75 Å². The van der Waals surface area contributed by atoms with Gasteiger partial charge in [0.1, 0.15) is 11.5 Å². The van der Waals surface area contributed by atoms with Crippen molar-refractivity contribution in [2.75, 3.05) is 6.61 Å². The minimum absolute atomic E-state index is 0.00339. The van der Waals surface area contributed by atoms with E-state index < -0.39 is 0 Å². The summed E-state index contributed by atoms with van der Waals surface area (Å²) in [5, 5.41) is 0. The molecule has 0 saturated carbocycles. The molecule has 3 rings (SSSR count). The molecule has 2 heteroatoms. The molecule has 0 aliphatic carbocycles. The summed E-state index contributed by atoms with van der Waals surface area (Å²) in [6.07, 6.45) is 2.22. The first-order chi connectivity index (χ1) is 9.84. The zero-order valence-electron chi connectivity index (χ0n) is 11.4. The molecule has 1 aliphatic heterocycles. The lowest BCUT2D eigenvalue weighted by Crippen LogP contribution is -2.21. The van der Waals surface area contributed by atoms with Crippen LogP contribution in [0.3, 0.4) is 0 Å². The Morgan fingerprint density at radius 3 is 2.65 bits per heavy atom. The Labute approximate surface area is 119 Å². The number of hydrogen-bond acceptors (Lipinski definition) is 2. The van der Waals surface area contributed by atoms with Crippen LogP contribution in [0.2, 0.25) is 0 Å². The predicted molar refractivity (Wildman–Crippen MR) is 79.1 cm³/mol. The van der Waals surface area contributed by atoms with Crippen LogP contribution >= 0.6 is 0 Å². The standard InChI is InChI=1S/C18H18O2/c19-17(11-10-14-6-2-1-3-7-14)15-12-13-20-18-9-5-4-8-16(15)18/h1-9,15H,10-13H2. The minimum Gasteiger partial charge on any atom is -0.493 e. The molecule has 2 nitrogen and oxygen atoms in total. The zero-order valence-corrected chi connectivity index (χ0v) is 11.4. The lowest BCUT2D eigenvalue weighted by Gasteiger charge is -2.24. The van der Waals surface area contributed by atoms with Crippen molar-refractivity contribution in [3.63, 3.8) is 0 Å². The molecule has 0 radical (unpaired) electrons. The van der Waals surface area contributed by atoms with Gasteiger partial charge in [0.25, 0.3) is 0 Å². The third kappa shape index (κ3) is 2.74. The van der Waals surface area contributed by atoms with Crippen LogP contribution in [0.1, 0.15) is 29.9 Å². The average Bonchev–Trinajstić information content (AvgIpc) is 2.53. The van der Waals surface area contributed by atoms with Crippen LogP contribution in [0.15, 0.2) is 54.6 Å². The van der Waals surface area contributed by atoms with Crippen molar-refractivity contribution in [1.29, 1.82) is 0 Å². The van der Waals surface area contributed by atoms with E-state index in [-0.39, 0.29) is 5.92 Å². The number of para-hydroxylation sites is 1. The number of fused-ring (bicyclic) bond motifs is 1. The fourth-order valence-corrected chi connectivity index (χ4v) is 2.76. The summed E-state index contributed by atoms with van der Waals surface area (Å²) in [6.45, 7) is 0.638. The van der Waals surface area contributed by atoms with Gasteiger partial charge in [-0.05, 0) is 24.5 Å². The Morgan fingerprint density at radius 2 is 1.80 bits per heavy atom. The first-order valence-corrected chi connectivity index (χ1v) is 7.13. The highest BCUT2D eigenvalue weighted by Gasteiger charge is 2.26. The van der Waals surface area contributed by atoms with Gasteiger partial charge >= 0.3 is 0 Å². The number of carbonyl (C=O) groups excluding carboxylic acids is 1. The summed E-state index contributed by atoms with van der Waals surface area (Å²) < 4.78 is 5.61. The van der Waals surface area contributed by atoms with E-state index in [4.69, 9.17) is 4.74 Å². The normalized spacial score (nSPS) is 17.1. The summed E-state index contributed by atoms with van der Waals surface area (Å²) in [4.78, 5) is 12.5. The van der Waals surface area contributed by atoms with E-state index in [1.807, 2.05) is 42.5 Å². The Hall–Kier alpha value is -2.09. The molecule has 2 aromatic carbocycles. The predicted octanol–water partition coefficient (Wildman–Crippen LogP) is 3.75. The molecule has 0 spiro atoms. The maximum absolute atomic E-state index is 12.5. The maximum atomic E-state index is 12.5. The van der Waals surface area contributed by atoms with Crippen LogP contribution in [0.4, 0.5) is 0 Å². The third-order valence-corrected chi connectivity index (χ3v) is 3.85. The first-order valence-electron chi connectivity index (χ1n) is 7.13. The molecule has 1 unspecified atom stereocenters. The molecule has 1 aliphatic rings. The van der Waals surface area contributed by atoms with Crippen LogP contribution in [-0.4, -0.2) is 12.4 Å². The second-order valence-electron chi connectivity index (χ2n) is 5.18. The van der Waals surface area contributed by atoms with Crippen LogP contribution in [-0.2, 0) is 11.2 Å². The van der Waals surface area contributed by atoms with Crippen LogP contribution in [0.25, 0.3) is 0 Å².